The molecule has 6 heterocycles. The van der Waals surface area contributed by atoms with E-state index in [2.05, 4.69) is 33.8 Å². The van der Waals surface area contributed by atoms with Gasteiger partial charge in [-0.25, -0.2) is 0 Å². The molecular weight excluding hydrogens is 704 g/mol. The molecule has 0 bridgehead atoms. The standard InChI is InChI=1S/C44H68O11/c1-22-12-17-44(47-20-22)23(2)32-30(52-44)19-29-27-11-10-25-18-26(13-15-42(25,8)28(27)14-16-43(29,32)9)49-38-36(34-31(21-46-38)51-40(4,5)53-34)50-39-37-35(33(45)24(3)48-39)54-41(6,7)55-37/h10,22-24,26-39,45H,11-21H2,1-9H3/t22-,23+,24+,26+,27-,28+,29+,30+,31+,32+,33+,34+,35-,36-,37-,38+,39+,42+,43+,44-/m1/s1. The normalized spacial score (nSPS) is 57.6. The number of ether oxygens (including phenoxy) is 10. The fourth-order valence-corrected chi connectivity index (χ4v) is 14.1. The Bertz CT molecular complexity index is 1510. The molecule has 0 aromatic carbocycles. The lowest BCUT2D eigenvalue weighted by atomic mass is 9.47. The maximum absolute atomic E-state index is 10.9. The highest BCUT2D eigenvalue weighted by molar-refractivity contribution is 5.26. The van der Waals surface area contributed by atoms with Crippen LogP contribution in [-0.4, -0.2) is 103 Å². The van der Waals surface area contributed by atoms with E-state index in [9.17, 15) is 5.11 Å². The number of rotatable bonds is 4. The molecule has 1 spiro atoms. The Morgan fingerprint density at radius 3 is 2.29 bits per heavy atom. The second-order valence-corrected chi connectivity index (χ2v) is 21.0. The lowest BCUT2D eigenvalue weighted by Crippen LogP contribution is -2.61. The monoisotopic (exact) mass is 772 g/mol. The first-order chi connectivity index (χ1) is 26.0. The maximum Gasteiger partial charge on any atom is 0.187 e. The van der Waals surface area contributed by atoms with Gasteiger partial charge in [0.2, 0.25) is 0 Å². The lowest BCUT2D eigenvalue weighted by molar-refractivity contribution is -0.343. The quantitative estimate of drug-likeness (QED) is 0.311. The van der Waals surface area contributed by atoms with Crippen LogP contribution in [0, 0.1) is 46.3 Å². The molecule has 6 aliphatic heterocycles. The van der Waals surface area contributed by atoms with Gasteiger partial charge in [0.1, 0.15) is 36.6 Å². The Balaban J connectivity index is 0.847. The molecule has 6 saturated heterocycles. The van der Waals surface area contributed by atoms with E-state index >= 15 is 0 Å². The predicted octanol–water partition coefficient (Wildman–Crippen LogP) is 6.63. The van der Waals surface area contributed by atoms with Crippen LogP contribution in [0.25, 0.3) is 0 Å². The molecule has 0 radical (unpaired) electrons. The zero-order valence-corrected chi connectivity index (χ0v) is 34.7. The van der Waals surface area contributed by atoms with E-state index in [4.69, 9.17) is 47.4 Å². The van der Waals surface area contributed by atoms with Crippen LogP contribution >= 0.6 is 0 Å². The van der Waals surface area contributed by atoms with E-state index in [0.717, 1.165) is 38.7 Å². The van der Waals surface area contributed by atoms with Crippen LogP contribution in [-0.2, 0) is 47.4 Å². The van der Waals surface area contributed by atoms with Gasteiger partial charge in [-0.3, -0.25) is 0 Å². The summed E-state index contributed by atoms with van der Waals surface area (Å²) in [5.74, 6) is 1.69. The van der Waals surface area contributed by atoms with Crippen molar-refractivity contribution in [1.29, 1.82) is 0 Å². The predicted molar refractivity (Wildman–Crippen MR) is 199 cm³/mol. The molecule has 10 aliphatic rings. The second kappa shape index (κ2) is 13.1. The molecule has 310 valence electrons. The van der Waals surface area contributed by atoms with Crippen molar-refractivity contribution in [2.45, 2.75) is 205 Å². The van der Waals surface area contributed by atoms with Crippen molar-refractivity contribution in [2.24, 2.45) is 46.3 Å². The van der Waals surface area contributed by atoms with Crippen LogP contribution in [0.4, 0.5) is 0 Å². The molecule has 0 aromatic heterocycles. The Kier molecular flexibility index (Phi) is 9.20. The van der Waals surface area contributed by atoms with Gasteiger partial charge in [0.05, 0.1) is 31.5 Å². The summed E-state index contributed by atoms with van der Waals surface area (Å²) >= 11 is 0. The summed E-state index contributed by atoms with van der Waals surface area (Å²) in [4.78, 5) is 0. The van der Waals surface area contributed by atoms with Crippen molar-refractivity contribution in [3.8, 4) is 0 Å². The van der Waals surface area contributed by atoms with Crippen molar-refractivity contribution in [3.05, 3.63) is 11.6 Å². The molecule has 0 amide bonds. The summed E-state index contributed by atoms with van der Waals surface area (Å²) < 4.78 is 65.3. The van der Waals surface area contributed by atoms with Gasteiger partial charge < -0.3 is 52.5 Å². The van der Waals surface area contributed by atoms with Gasteiger partial charge in [0, 0.05) is 12.3 Å². The van der Waals surface area contributed by atoms with E-state index in [-0.39, 0.29) is 23.4 Å². The van der Waals surface area contributed by atoms with E-state index in [0.29, 0.717) is 53.6 Å². The third kappa shape index (κ3) is 6.05. The van der Waals surface area contributed by atoms with Gasteiger partial charge in [0.25, 0.3) is 0 Å². The Labute approximate surface area is 328 Å². The van der Waals surface area contributed by atoms with Crippen LogP contribution in [0.2, 0.25) is 0 Å². The second-order valence-electron chi connectivity index (χ2n) is 21.0. The third-order valence-corrected chi connectivity index (χ3v) is 16.8. The molecule has 1 N–H and O–H groups in total. The summed E-state index contributed by atoms with van der Waals surface area (Å²) in [7, 11) is 0. The minimum absolute atomic E-state index is 0.00651. The van der Waals surface area contributed by atoms with Gasteiger partial charge in [-0.2, -0.15) is 0 Å². The largest absolute Gasteiger partial charge is 0.388 e. The summed E-state index contributed by atoms with van der Waals surface area (Å²) in [6.45, 7) is 20.5. The van der Waals surface area contributed by atoms with Crippen LogP contribution in [0.5, 0.6) is 0 Å². The van der Waals surface area contributed by atoms with Gasteiger partial charge in [-0.05, 0) is 126 Å². The first-order valence-electron chi connectivity index (χ1n) is 22.0. The topological polar surface area (TPSA) is 113 Å². The summed E-state index contributed by atoms with van der Waals surface area (Å²) in [6, 6.07) is 0. The summed E-state index contributed by atoms with van der Waals surface area (Å²) in [6.07, 6.45) is 7.62. The minimum Gasteiger partial charge on any atom is -0.388 e. The van der Waals surface area contributed by atoms with E-state index < -0.39 is 60.8 Å². The highest BCUT2D eigenvalue weighted by Crippen LogP contribution is 2.70. The number of fused-ring (bicyclic) bond motifs is 9. The van der Waals surface area contributed by atoms with Crippen molar-refractivity contribution in [3.63, 3.8) is 0 Å². The maximum atomic E-state index is 10.9. The van der Waals surface area contributed by atoms with Gasteiger partial charge in [-0.15, -0.1) is 0 Å². The number of hydrogen-bond donors (Lipinski definition) is 1. The molecule has 9 fully saturated rings. The average molecular weight is 773 g/mol. The lowest BCUT2D eigenvalue weighted by Gasteiger charge is -2.58. The highest BCUT2D eigenvalue weighted by atomic mass is 16.8. The average Bonchev–Trinajstić information content (AvgIpc) is 3.81. The molecule has 0 unspecified atom stereocenters. The fraction of sp³-hybridized carbons (Fsp3) is 0.955. The van der Waals surface area contributed by atoms with Crippen LogP contribution in [0.1, 0.15) is 120 Å². The molecule has 11 heteroatoms. The highest BCUT2D eigenvalue weighted by Gasteiger charge is 2.69. The molecular formula is C44H68O11. The van der Waals surface area contributed by atoms with Gasteiger partial charge in [0.15, 0.2) is 29.9 Å². The first-order valence-corrected chi connectivity index (χ1v) is 22.0. The molecule has 10 rings (SSSR count). The fourth-order valence-electron chi connectivity index (χ4n) is 14.1. The molecule has 11 nitrogen and oxygen atoms in total. The molecule has 20 atom stereocenters. The first kappa shape index (κ1) is 38.5. The van der Waals surface area contributed by atoms with Crippen molar-refractivity contribution in [1.82, 2.24) is 0 Å². The molecule has 4 aliphatic carbocycles. The van der Waals surface area contributed by atoms with Gasteiger partial charge >= 0.3 is 0 Å². The van der Waals surface area contributed by atoms with Crippen molar-refractivity contribution < 1.29 is 52.5 Å². The third-order valence-electron chi connectivity index (χ3n) is 16.8. The zero-order chi connectivity index (χ0) is 38.4. The Morgan fingerprint density at radius 2 is 1.51 bits per heavy atom. The summed E-state index contributed by atoms with van der Waals surface area (Å²) in [5, 5.41) is 10.9. The van der Waals surface area contributed by atoms with Crippen LogP contribution < -0.4 is 0 Å². The Hall–Kier alpha value is -0.700. The van der Waals surface area contributed by atoms with Crippen molar-refractivity contribution >= 4 is 0 Å². The van der Waals surface area contributed by atoms with E-state index in [1.807, 2.05) is 34.6 Å². The number of aliphatic hydroxyl groups excluding tert-OH is 1. The van der Waals surface area contributed by atoms with Crippen LogP contribution in [0.3, 0.4) is 0 Å². The molecule has 0 aromatic rings. The minimum atomic E-state index is -0.880. The smallest absolute Gasteiger partial charge is 0.187 e. The van der Waals surface area contributed by atoms with E-state index in [1.165, 1.54) is 25.7 Å². The SMILES string of the molecule is C[C@@H]1CC[C@@]2(OC1)O[C@H]1C[C@H]3[C@@H]4CC=C5C[C@@H](O[C@@H]6OC[C@@H]7OC(C)(C)O[C@@H]7[C@H]6O[C@@H]6O[C@@H](C)[C@H](O)[C@H]7OC(C)(C)O[C@@H]67)CC[C@]5(C)[C@H]4CC[C@]3(C)[C@H]1[C@@H]2C. The van der Waals surface area contributed by atoms with Crippen molar-refractivity contribution in [2.75, 3.05) is 13.2 Å². The number of allylic oxidation sites excluding steroid dienone is 1. The van der Waals surface area contributed by atoms with E-state index in [1.54, 1.807) is 5.57 Å². The summed E-state index contributed by atoms with van der Waals surface area (Å²) in [5.41, 5.74) is 2.04. The Morgan fingerprint density at radius 1 is 0.745 bits per heavy atom. The van der Waals surface area contributed by atoms with Crippen LogP contribution in [0.15, 0.2) is 11.6 Å². The number of aliphatic hydroxyl groups is 1. The molecule has 55 heavy (non-hydrogen) atoms. The zero-order valence-electron chi connectivity index (χ0n) is 34.7. The number of hydrogen-bond acceptors (Lipinski definition) is 11. The molecule has 3 saturated carbocycles. The van der Waals surface area contributed by atoms with Gasteiger partial charge in [-0.1, -0.05) is 39.3 Å².